The monoisotopic (exact) mass is 405 g/mol. The molecule has 0 spiro atoms. The fraction of sp³-hybridized carbons (Fsp3) is 0.421. The van der Waals surface area contributed by atoms with Crippen LogP contribution in [-0.4, -0.2) is 50.3 Å². The summed E-state index contributed by atoms with van der Waals surface area (Å²) in [6.45, 7) is 1.28. The summed E-state index contributed by atoms with van der Waals surface area (Å²) < 4.78 is 15.8. The molecule has 2 aromatic rings. The second-order valence-corrected chi connectivity index (χ2v) is 7.17. The summed E-state index contributed by atoms with van der Waals surface area (Å²) in [4.78, 5) is 28.8. The first-order valence-corrected chi connectivity index (χ1v) is 9.82. The van der Waals surface area contributed by atoms with Gasteiger partial charge in [-0.2, -0.15) is 0 Å². The number of rotatable bonds is 8. The predicted molar refractivity (Wildman–Crippen MR) is 105 cm³/mol. The van der Waals surface area contributed by atoms with Crippen LogP contribution >= 0.6 is 11.3 Å². The Morgan fingerprint density at radius 1 is 1.25 bits per heavy atom. The fourth-order valence-corrected chi connectivity index (χ4v) is 3.52. The number of anilines is 1. The molecule has 2 amide bonds. The van der Waals surface area contributed by atoms with Gasteiger partial charge in [0, 0.05) is 30.2 Å². The number of thiazole rings is 1. The first-order valence-electron chi connectivity index (χ1n) is 8.94. The minimum Gasteiger partial charge on any atom is -0.497 e. The smallest absolute Gasteiger partial charge is 0.257 e. The van der Waals surface area contributed by atoms with Gasteiger partial charge in [0.2, 0.25) is 5.91 Å². The number of hydrogen-bond donors (Lipinski definition) is 2. The Morgan fingerprint density at radius 2 is 2.00 bits per heavy atom. The third-order valence-electron chi connectivity index (χ3n) is 4.28. The maximum Gasteiger partial charge on any atom is 0.257 e. The molecule has 1 aliphatic rings. The third-order valence-corrected chi connectivity index (χ3v) is 5.08. The van der Waals surface area contributed by atoms with Gasteiger partial charge in [0.25, 0.3) is 5.91 Å². The number of aromatic nitrogens is 1. The van der Waals surface area contributed by atoms with E-state index >= 15 is 0 Å². The topological polar surface area (TPSA) is 98.8 Å². The molecule has 0 aliphatic carbocycles. The quantitative estimate of drug-likeness (QED) is 0.699. The molecule has 2 N–H and O–H groups in total. The molecule has 0 unspecified atom stereocenters. The molecule has 1 saturated heterocycles. The lowest BCUT2D eigenvalue weighted by molar-refractivity contribution is -0.121. The van der Waals surface area contributed by atoms with Gasteiger partial charge in [-0.05, 0) is 25.0 Å². The van der Waals surface area contributed by atoms with Crippen LogP contribution in [0.2, 0.25) is 0 Å². The Morgan fingerprint density at radius 3 is 2.64 bits per heavy atom. The molecule has 0 bridgehead atoms. The number of nitrogens with one attached hydrogen (secondary N) is 2. The number of ether oxygens (including phenoxy) is 3. The van der Waals surface area contributed by atoms with Crippen molar-refractivity contribution in [3.8, 4) is 11.5 Å². The third kappa shape index (κ3) is 5.43. The summed E-state index contributed by atoms with van der Waals surface area (Å²) >= 11 is 1.27. The minimum atomic E-state index is -0.332. The first kappa shape index (κ1) is 20.1. The summed E-state index contributed by atoms with van der Waals surface area (Å²) in [5.41, 5.74) is 0.996. The zero-order valence-corrected chi connectivity index (χ0v) is 16.6. The van der Waals surface area contributed by atoms with Crippen LogP contribution in [0.25, 0.3) is 0 Å². The van der Waals surface area contributed by atoms with Crippen LogP contribution in [0.5, 0.6) is 11.5 Å². The summed E-state index contributed by atoms with van der Waals surface area (Å²) in [6.07, 6.45) is 2.28. The van der Waals surface area contributed by atoms with Crippen LogP contribution in [0.15, 0.2) is 23.6 Å². The molecule has 8 nitrogen and oxygen atoms in total. The predicted octanol–water partition coefficient (Wildman–Crippen LogP) is 2.25. The van der Waals surface area contributed by atoms with E-state index in [9.17, 15) is 9.59 Å². The van der Waals surface area contributed by atoms with Crippen molar-refractivity contribution < 1.29 is 23.8 Å². The molecule has 9 heteroatoms. The van der Waals surface area contributed by atoms with Crippen molar-refractivity contribution in [1.82, 2.24) is 10.3 Å². The Balaban J connectivity index is 1.55. The first-order chi connectivity index (χ1) is 13.6. The lowest BCUT2D eigenvalue weighted by Gasteiger charge is -2.10. The Hall–Kier alpha value is -2.65. The van der Waals surface area contributed by atoms with E-state index in [0.717, 1.165) is 19.4 Å². The molecule has 1 atom stereocenters. The van der Waals surface area contributed by atoms with E-state index in [4.69, 9.17) is 14.2 Å². The standard InChI is InChI=1S/C19H23N3O5S/c1-25-15-6-12(7-16(9-15)26-2)18(24)22-19-21-13(11-28-19)8-17(23)20-10-14-4-3-5-27-14/h6-7,9,11,14H,3-5,8,10H2,1-2H3,(H,20,23)(H,21,22,24)/t14-/m0/s1. The largest absolute Gasteiger partial charge is 0.497 e. The molecule has 0 radical (unpaired) electrons. The molecule has 0 saturated carbocycles. The summed E-state index contributed by atoms with van der Waals surface area (Å²) in [6, 6.07) is 4.92. The average molecular weight is 405 g/mol. The molecule has 28 heavy (non-hydrogen) atoms. The van der Waals surface area contributed by atoms with Crippen molar-refractivity contribution in [2.24, 2.45) is 0 Å². The maximum atomic E-state index is 12.5. The van der Waals surface area contributed by atoms with Crippen molar-refractivity contribution in [1.29, 1.82) is 0 Å². The van der Waals surface area contributed by atoms with Crippen LogP contribution in [0.1, 0.15) is 28.9 Å². The zero-order valence-electron chi connectivity index (χ0n) is 15.8. The van der Waals surface area contributed by atoms with E-state index < -0.39 is 0 Å². The highest BCUT2D eigenvalue weighted by Gasteiger charge is 2.17. The number of amides is 2. The normalized spacial score (nSPS) is 15.9. The van der Waals surface area contributed by atoms with Crippen molar-refractivity contribution in [3.05, 3.63) is 34.8 Å². The molecular formula is C19H23N3O5S. The SMILES string of the molecule is COc1cc(OC)cc(C(=O)Nc2nc(CC(=O)NC[C@@H]3CCCO3)cs2)c1. The zero-order chi connectivity index (χ0) is 19.9. The van der Waals surface area contributed by atoms with Gasteiger partial charge in [-0.15, -0.1) is 11.3 Å². The molecule has 2 heterocycles. The summed E-state index contributed by atoms with van der Waals surface area (Å²) in [5.74, 6) is 0.594. The highest BCUT2D eigenvalue weighted by atomic mass is 32.1. The van der Waals surface area contributed by atoms with Crippen LogP contribution < -0.4 is 20.1 Å². The van der Waals surface area contributed by atoms with Crippen LogP contribution in [0.3, 0.4) is 0 Å². The van der Waals surface area contributed by atoms with E-state index in [0.29, 0.717) is 34.4 Å². The molecule has 1 fully saturated rings. The van der Waals surface area contributed by atoms with Crippen molar-refractivity contribution in [3.63, 3.8) is 0 Å². The summed E-state index contributed by atoms with van der Waals surface area (Å²) in [5, 5.41) is 7.78. The number of carbonyl (C=O) groups is 2. The lowest BCUT2D eigenvalue weighted by Crippen LogP contribution is -2.32. The van der Waals surface area contributed by atoms with Gasteiger partial charge in [-0.1, -0.05) is 0 Å². The van der Waals surface area contributed by atoms with Crippen molar-refractivity contribution in [2.45, 2.75) is 25.4 Å². The second-order valence-electron chi connectivity index (χ2n) is 6.32. The molecule has 1 aromatic heterocycles. The van der Waals surface area contributed by atoms with E-state index in [2.05, 4.69) is 15.6 Å². The molecule has 3 rings (SSSR count). The number of nitrogens with zero attached hydrogens (tertiary/aromatic N) is 1. The fourth-order valence-electron chi connectivity index (χ4n) is 2.81. The van der Waals surface area contributed by atoms with Crippen LogP contribution in [-0.2, 0) is 16.0 Å². The summed E-state index contributed by atoms with van der Waals surface area (Å²) in [7, 11) is 3.04. The highest BCUT2D eigenvalue weighted by Crippen LogP contribution is 2.24. The minimum absolute atomic E-state index is 0.106. The van der Waals surface area contributed by atoms with Gasteiger partial charge in [0.15, 0.2) is 5.13 Å². The van der Waals surface area contributed by atoms with Crippen molar-refractivity contribution in [2.75, 3.05) is 32.7 Å². The van der Waals surface area contributed by atoms with Gasteiger partial charge in [0.05, 0.1) is 32.4 Å². The van der Waals surface area contributed by atoms with E-state index in [1.165, 1.54) is 25.6 Å². The lowest BCUT2D eigenvalue weighted by atomic mass is 10.2. The molecule has 1 aliphatic heterocycles. The number of methoxy groups -OCH3 is 2. The van der Waals surface area contributed by atoms with E-state index in [-0.39, 0.29) is 24.3 Å². The van der Waals surface area contributed by atoms with E-state index in [1.54, 1.807) is 23.6 Å². The van der Waals surface area contributed by atoms with Gasteiger partial charge in [-0.25, -0.2) is 4.98 Å². The van der Waals surface area contributed by atoms with E-state index in [1.807, 2.05) is 0 Å². The number of hydrogen-bond acceptors (Lipinski definition) is 7. The van der Waals surface area contributed by atoms with Crippen molar-refractivity contribution >= 4 is 28.3 Å². The van der Waals surface area contributed by atoms with Crippen LogP contribution in [0.4, 0.5) is 5.13 Å². The second kappa shape index (κ2) is 9.52. The Bertz CT molecular complexity index is 810. The Labute approximate surface area is 167 Å². The Kier molecular flexibility index (Phi) is 6.83. The maximum absolute atomic E-state index is 12.5. The van der Waals surface area contributed by atoms with Gasteiger partial charge < -0.3 is 19.5 Å². The molecule has 150 valence electrons. The van der Waals surface area contributed by atoms with Gasteiger partial charge in [-0.3, -0.25) is 14.9 Å². The molecule has 1 aromatic carbocycles. The van der Waals surface area contributed by atoms with Gasteiger partial charge >= 0.3 is 0 Å². The van der Waals surface area contributed by atoms with Crippen LogP contribution in [0, 0.1) is 0 Å². The van der Waals surface area contributed by atoms with Gasteiger partial charge in [0.1, 0.15) is 11.5 Å². The highest BCUT2D eigenvalue weighted by molar-refractivity contribution is 7.14. The number of carbonyl (C=O) groups excluding carboxylic acids is 2. The number of benzene rings is 1. The molecular weight excluding hydrogens is 382 g/mol. The average Bonchev–Trinajstić information content (AvgIpc) is 3.38.